The zero-order chi connectivity index (χ0) is 13.4. The van der Waals surface area contributed by atoms with Gasteiger partial charge >= 0.3 is 12.0 Å². The zero-order valence-corrected chi connectivity index (χ0v) is 9.94. The first-order valence-electron chi connectivity index (χ1n) is 5.76. The van der Waals surface area contributed by atoms with Crippen molar-refractivity contribution in [3.05, 3.63) is 12.2 Å². The van der Waals surface area contributed by atoms with Crippen LogP contribution in [0.2, 0.25) is 0 Å². The molecule has 0 heterocycles. The number of nitrogens with one attached hydrogen (secondary N) is 3. The van der Waals surface area contributed by atoms with Gasteiger partial charge in [-0.3, -0.25) is 9.59 Å². The van der Waals surface area contributed by atoms with Crippen molar-refractivity contribution >= 4 is 17.9 Å². The molecule has 100 valence electrons. The predicted molar refractivity (Wildman–Crippen MR) is 64.0 cm³/mol. The highest BCUT2D eigenvalue weighted by atomic mass is 16.4. The number of hydrogen-bond acceptors (Lipinski definition) is 3. The number of allylic oxidation sites excluding steroid dienone is 1. The second kappa shape index (κ2) is 7.31. The fourth-order valence-corrected chi connectivity index (χ4v) is 1.56. The minimum atomic E-state index is -1.12. The van der Waals surface area contributed by atoms with E-state index < -0.39 is 24.5 Å². The van der Waals surface area contributed by atoms with E-state index in [1.54, 1.807) is 0 Å². The Hall–Kier alpha value is -2.05. The van der Waals surface area contributed by atoms with Gasteiger partial charge in [-0.05, 0) is 19.3 Å². The van der Waals surface area contributed by atoms with E-state index in [0.717, 1.165) is 19.3 Å². The molecule has 7 nitrogen and oxygen atoms in total. The van der Waals surface area contributed by atoms with Gasteiger partial charge in [0.2, 0.25) is 5.91 Å². The van der Waals surface area contributed by atoms with E-state index in [0.29, 0.717) is 0 Å². The molecule has 0 fully saturated rings. The van der Waals surface area contributed by atoms with Gasteiger partial charge in [0.15, 0.2) is 0 Å². The highest BCUT2D eigenvalue weighted by molar-refractivity contribution is 5.86. The lowest BCUT2D eigenvalue weighted by Gasteiger charge is -2.19. The number of carbonyl (C=O) groups is 3. The average molecular weight is 255 g/mol. The van der Waals surface area contributed by atoms with Crippen LogP contribution in [-0.2, 0) is 9.59 Å². The molecule has 7 heteroatoms. The van der Waals surface area contributed by atoms with E-state index in [1.807, 2.05) is 6.08 Å². The number of hydrogen-bond donors (Lipinski definition) is 4. The summed E-state index contributed by atoms with van der Waals surface area (Å²) in [6, 6.07) is -0.321. The van der Waals surface area contributed by atoms with E-state index >= 15 is 0 Å². The lowest BCUT2D eigenvalue weighted by molar-refractivity contribution is -0.137. The van der Waals surface area contributed by atoms with E-state index in [9.17, 15) is 14.4 Å². The standard InChI is InChI=1S/C11H17N3O4/c15-9(12-7-10(16)17)6-13-11(18)14-8-4-2-1-3-5-8/h1-2,8H,3-7H2,(H,12,15)(H,16,17)(H2,13,14,18). The zero-order valence-electron chi connectivity index (χ0n) is 9.94. The molecule has 1 aliphatic rings. The summed E-state index contributed by atoms with van der Waals surface area (Å²) in [6.07, 6.45) is 6.68. The Morgan fingerprint density at radius 1 is 1.17 bits per heavy atom. The Bertz CT molecular complexity index is 354. The Balaban J connectivity index is 2.14. The lowest BCUT2D eigenvalue weighted by Crippen LogP contribution is -2.46. The molecular weight excluding hydrogens is 238 g/mol. The van der Waals surface area contributed by atoms with Crippen molar-refractivity contribution in [2.24, 2.45) is 0 Å². The van der Waals surface area contributed by atoms with Crippen molar-refractivity contribution in [2.75, 3.05) is 13.1 Å². The topological polar surface area (TPSA) is 108 Å². The molecule has 4 N–H and O–H groups in total. The van der Waals surface area contributed by atoms with Gasteiger partial charge in [-0.15, -0.1) is 0 Å². The van der Waals surface area contributed by atoms with Crippen LogP contribution in [0.4, 0.5) is 4.79 Å². The van der Waals surface area contributed by atoms with Gasteiger partial charge in [-0.1, -0.05) is 12.2 Å². The minimum absolute atomic E-state index is 0.0945. The first kappa shape index (κ1) is 14.0. The lowest BCUT2D eigenvalue weighted by atomic mass is 10.0. The molecule has 3 amide bonds. The average Bonchev–Trinajstić information content (AvgIpc) is 2.35. The molecule has 0 saturated heterocycles. The number of amides is 3. The monoisotopic (exact) mass is 255 g/mol. The third kappa shape index (κ3) is 5.88. The summed E-state index contributed by atoms with van der Waals surface area (Å²) in [7, 11) is 0. The maximum absolute atomic E-state index is 11.4. The van der Waals surface area contributed by atoms with Crippen LogP contribution in [0.1, 0.15) is 19.3 Å². The fraction of sp³-hybridized carbons (Fsp3) is 0.545. The minimum Gasteiger partial charge on any atom is -0.480 e. The molecule has 18 heavy (non-hydrogen) atoms. The SMILES string of the molecule is O=C(O)CNC(=O)CNC(=O)NC1CC=CCC1. The van der Waals surface area contributed by atoms with Crippen LogP contribution >= 0.6 is 0 Å². The maximum Gasteiger partial charge on any atom is 0.322 e. The summed E-state index contributed by atoms with van der Waals surface area (Å²) in [5, 5.41) is 15.6. The first-order valence-corrected chi connectivity index (χ1v) is 5.76. The molecule has 0 aromatic rings. The Morgan fingerprint density at radius 3 is 2.56 bits per heavy atom. The van der Waals surface area contributed by atoms with Crippen LogP contribution in [0.5, 0.6) is 0 Å². The predicted octanol–water partition coefficient (Wildman–Crippen LogP) is -0.405. The van der Waals surface area contributed by atoms with Crippen molar-refractivity contribution in [2.45, 2.75) is 25.3 Å². The molecule has 1 aliphatic carbocycles. The van der Waals surface area contributed by atoms with Gasteiger partial charge in [0, 0.05) is 6.04 Å². The van der Waals surface area contributed by atoms with Gasteiger partial charge in [-0.25, -0.2) is 4.79 Å². The molecule has 0 saturated carbocycles. The summed E-state index contributed by atoms with van der Waals surface area (Å²) >= 11 is 0. The summed E-state index contributed by atoms with van der Waals surface area (Å²) in [4.78, 5) is 32.7. The molecule has 1 atom stereocenters. The van der Waals surface area contributed by atoms with E-state index in [1.165, 1.54) is 0 Å². The largest absolute Gasteiger partial charge is 0.480 e. The molecule has 1 unspecified atom stereocenters. The fourth-order valence-electron chi connectivity index (χ4n) is 1.56. The molecule has 0 bridgehead atoms. The van der Waals surface area contributed by atoms with E-state index in [-0.39, 0.29) is 12.6 Å². The number of rotatable bonds is 5. The molecule has 0 spiro atoms. The molecule has 0 aliphatic heterocycles. The second-order valence-electron chi connectivity index (χ2n) is 3.98. The van der Waals surface area contributed by atoms with Crippen LogP contribution in [-0.4, -0.2) is 42.1 Å². The van der Waals surface area contributed by atoms with Gasteiger partial charge in [-0.2, -0.15) is 0 Å². The normalized spacial score (nSPS) is 17.9. The van der Waals surface area contributed by atoms with Crippen LogP contribution in [0.3, 0.4) is 0 Å². The van der Waals surface area contributed by atoms with Crippen molar-refractivity contribution in [1.29, 1.82) is 0 Å². The third-order valence-corrected chi connectivity index (χ3v) is 2.45. The summed E-state index contributed by atoms with van der Waals surface area (Å²) in [5.74, 6) is -1.65. The van der Waals surface area contributed by atoms with Gasteiger partial charge < -0.3 is 21.1 Å². The molecule has 0 radical (unpaired) electrons. The van der Waals surface area contributed by atoms with Crippen LogP contribution in [0.25, 0.3) is 0 Å². The van der Waals surface area contributed by atoms with E-state index in [2.05, 4.69) is 22.0 Å². The Morgan fingerprint density at radius 2 is 1.94 bits per heavy atom. The number of urea groups is 1. The summed E-state index contributed by atoms with van der Waals surface area (Å²) in [5.41, 5.74) is 0. The van der Waals surface area contributed by atoms with E-state index in [4.69, 9.17) is 5.11 Å². The second-order valence-corrected chi connectivity index (χ2v) is 3.98. The van der Waals surface area contributed by atoms with Crippen molar-refractivity contribution in [1.82, 2.24) is 16.0 Å². The van der Waals surface area contributed by atoms with Crippen molar-refractivity contribution < 1.29 is 19.5 Å². The number of aliphatic carboxylic acids is 1. The Labute approximate surface area is 105 Å². The number of carbonyl (C=O) groups excluding carboxylic acids is 2. The van der Waals surface area contributed by atoms with Crippen LogP contribution in [0, 0.1) is 0 Å². The highest BCUT2D eigenvalue weighted by Crippen LogP contribution is 2.09. The maximum atomic E-state index is 11.4. The first-order chi connectivity index (χ1) is 8.58. The molecule has 0 aromatic carbocycles. The molecule has 0 aromatic heterocycles. The quantitative estimate of drug-likeness (QED) is 0.501. The number of carboxylic acid groups (broad SMARTS) is 1. The number of carboxylic acids is 1. The third-order valence-electron chi connectivity index (χ3n) is 2.45. The molecular formula is C11H17N3O4. The Kier molecular flexibility index (Phi) is 5.69. The van der Waals surface area contributed by atoms with Gasteiger partial charge in [0.1, 0.15) is 6.54 Å². The van der Waals surface area contributed by atoms with Crippen LogP contribution < -0.4 is 16.0 Å². The summed E-state index contributed by atoms with van der Waals surface area (Å²) < 4.78 is 0. The van der Waals surface area contributed by atoms with Crippen LogP contribution in [0.15, 0.2) is 12.2 Å². The smallest absolute Gasteiger partial charge is 0.322 e. The van der Waals surface area contributed by atoms with Crippen molar-refractivity contribution in [3.8, 4) is 0 Å². The van der Waals surface area contributed by atoms with Gasteiger partial charge in [0.05, 0.1) is 6.54 Å². The highest BCUT2D eigenvalue weighted by Gasteiger charge is 2.13. The molecule has 1 rings (SSSR count). The van der Waals surface area contributed by atoms with Crippen molar-refractivity contribution in [3.63, 3.8) is 0 Å². The van der Waals surface area contributed by atoms with Gasteiger partial charge in [0.25, 0.3) is 0 Å². The summed E-state index contributed by atoms with van der Waals surface area (Å²) in [6.45, 7) is -0.683.